The summed E-state index contributed by atoms with van der Waals surface area (Å²) in [6.07, 6.45) is 6.98. The van der Waals surface area contributed by atoms with Gasteiger partial charge in [0.2, 0.25) is 0 Å². The monoisotopic (exact) mass is 464 g/mol. The zero-order valence-corrected chi connectivity index (χ0v) is 19.3. The van der Waals surface area contributed by atoms with E-state index in [0.717, 1.165) is 40.1 Å². The molecule has 0 fully saturated rings. The molecule has 1 aromatic carbocycles. The number of aromatic nitrogens is 5. The number of ether oxygens (including phenoxy) is 1. The van der Waals surface area contributed by atoms with Crippen LogP contribution in [0.2, 0.25) is 0 Å². The molecule has 5 rings (SSSR count). The SMILES string of the molecule is COc1ccc(-c2ccc(-c3cccc(CN(Cc4ncccn4)Cc4ncccn4)n3)o2)cc1. The Morgan fingerprint density at radius 1 is 0.686 bits per heavy atom. The molecule has 0 aliphatic rings. The molecule has 8 heteroatoms. The Bertz CT molecular complexity index is 1320. The molecule has 0 atom stereocenters. The molecule has 0 aliphatic heterocycles. The molecular weight excluding hydrogens is 440 g/mol. The summed E-state index contributed by atoms with van der Waals surface area (Å²) in [7, 11) is 1.65. The molecule has 0 bridgehead atoms. The molecule has 0 spiro atoms. The van der Waals surface area contributed by atoms with Crippen LogP contribution in [0, 0.1) is 0 Å². The second-order valence-corrected chi connectivity index (χ2v) is 7.88. The number of furan rings is 1. The zero-order valence-electron chi connectivity index (χ0n) is 19.3. The van der Waals surface area contributed by atoms with Gasteiger partial charge in [-0.05, 0) is 60.7 Å². The molecule has 0 N–H and O–H groups in total. The lowest BCUT2D eigenvalue weighted by Gasteiger charge is -2.20. The summed E-state index contributed by atoms with van der Waals surface area (Å²) in [6, 6.07) is 21.2. The van der Waals surface area contributed by atoms with Crippen LogP contribution in [0.4, 0.5) is 0 Å². The number of methoxy groups -OCH3 is 1. The van der Waals surface area contributed by atoms with Gasteiger partial charge >= 0.3 is 0 Å². The normalized spacial score (nSPS) is 11.0. The minimum absolute atomic E-state index is 0.549. The largest absolute Gasteiger partial charge is 0.497 e. The van der Waals surface area contributed by atoms with E-state index in [4.69, 9.17) is 14.1 Å². The van der Waals surface area contributed by atoms with Crippen LogP contribution in [0.3, 0.4) is 0 Å². The van der Waals surface area contributed by atoms with E-state index >= 15 is 0 Å². The van der Waals surface area contributed by atoms with E-state index in [0.29, 0.717) is 25.4 Å². The van der Waals surface area contributed by atoms with Crippen molar-refractivity contribution in [3.63, 3.8) is 0 Å². The summed E-state index contributed by atoms with van der Waals surface area (Å²) < 4.78 is 11.4. The second kappa shape index (κ2) is 10.7. The van der Waals surface area contributed by atoms with E-state index in [1.807, 2.05) is 66.7 Å². The van der Waals surface area contributed by atoms with Crippen molar-refractivity contribution in [3.05, 3.63) is 109 Å². The van der Waals surface area contributed by atoms with Gasteiger partial charge in [0, 0.05) is 36.9 Å². The number of nitrogens with zero attached hydrogens (tertiary/aromatic N) is 6. The highest BCUT2D eigenvalue weighted by Crippen LogP contribution is 2.29. The Labute approximate surface area is 203 Å². The summed E-state index contributed by atoms with van der Waals surface area (Å²) in [4.78, 5) is 24.5. The number of hydrogen-bond acceptors (Lipinski definition) is 8. The topological polar surface area (TPSA) is 90.1 Å². The molecule has 4 heterocycles. The van der Waals surface area contributed by atoms with Gasteiger partial charge in [-0.1, -0.05) is 6.07 Å². The lowest BCUT2D eigenvalue weighted by atomic mass is 10.2. The molecule has 8 nitrogen and oxygen atoms in total. The molecule has 174 valence electrons. The highest BCUT2D eigenvalue weighted by molar-refractivity contribution is 5.63. The van der Waals surface area contributed by atoms with E-state index in [9.17, 15) is 0 Å². The van der Waals surface area contributed by atoms with E-state index < -0.39 is 0 Å². The summed E-state index contributed by atoms with van der Waals surface area (Å²) in [5.41, 5.74) is 2.65. The van der Waals surface area contributed by atoms with Crippen LogP contribution in [0.5, 0.6) is 5.75 Å². The van der Waals surface area contributed by atoms with Crippen molar-refractivity contribution in [2.45, 2.75) is 19.6 Å². The van der Waals surface area contributed by atoms with E-state index in [1.54, 1.807) is 31.9 Å². The summed E-state index contributed by atoms with van der Waals surface area (Å²) in [5.74, 6) is 3.76. The number of benzene rings is 1. The molecule has 5 aromatic rings. The standard InChI is InChI=1S/C27H24N6O2/c1-34-22-9-7-20(8-10-22)24-11-12-25(35-24)23-6-2-5-21(32-23)17-33(18-26-28-13-3-14-29-26)19-27-30-15-4-16-31-27/h2-16H,17-19H2,1H3. The van der Waals surface area contributed by atoms with Gasteiger partial charge in [0.1, 0.15) is 28.9 Å². The number of rotatable bonds is 9. The third kappa shape index (κ3) is 5.74. The first-order valence-electron chi connectivity index (χ1n) is 11.2. The third-order valence-corrected chi connectivity index (χ3v) is 5.39. The third-order valence-electron chi connectivity index (χ3n) is 5.39. The van der Waals surface area contributed by atoms with Gasteiger partial charge in [-0.3, -0.25) is 4.90 Å². The van der Waals surface area contributed by atoms with Crippen molar-refractivity contribution in [1.29, 1.82) is 0 Å². The minimum Gasteiger partial charge on any atom is -0.497 e. The molecule has 0 amide bonds. The number of pyridine rings is 1. The molecule has 0 unspecified atom stereocenters. The second-order valence-electron chi connectivity index (χ2n) is 7.88. The van der Waals surface area contributed by atoms with Crippen LogP contribution in [-0.2, 0) is 19.6 Å². The Morgan fingerprint density at radius 3 is 1.94 bits per heavy atom. The first kappa shape index (κ1) is 22.4. The number of hydrogen-bond donors (Lipinski definition) is 0. The summed E-state index contributed by atoms with van der Waals surface area (Å²) >= 11 is 0. The van der Waals surface area contributed by atoms with E-state index in [2.05, 4.69) is 24.8 Å². The van der Waals surface area contributed by atoms with Crippen LogP contribution in [0.15, 0.2) is 95.9 Å². The fourth-order valence-corrected chi connectivity index (χ4v) is 3.71. The van der Waals surface area contributed by atoms with Gasteiger partial charge < -0.3 is 9.15 Å². The maximum absolute atomic E-state index is 6.12. The lowest BCUT2D eigenvalue weighted by molar-refractivity contribution is 0.232. The summed E-state index contributed by atoms with van der Waals surface area (Å²) in [5, 5.41) is 0. The smallest absolute Gasteiger partial charge is 0.153 e. The van der Waals surface area contributed by atoms with Crippen molar-refractivity contribution in [3.8, 4) is 28.5 Å². The maximum Gasteiger partial charge on any atom is 0.153 e. The quantitative estimate of drug-likeness (QED) is 0.307. The van der Waals surface area contributed by atoms with Crippen LogP contribution in [0.1, 0.15) is 17.3 Å². The average Bonchev–Trinajstić information content (AvgIpc) is 3.41. The fraction of sp³-hybridized carbons (Fsp3) is 0.148. The minimum atomic E-state index is 0.549. The molecule has 0 aliphatic carbocycles. The molecule has 4 aromatic heterocycles. The van der Waals surface area contributed by atoms with Gasteiger partial charge in [-0.15, -0.1) is 0 Å². The predicted octanol–water partition coefficient (Wildman–Crippen LogP) is 4.80. The first-order chi connectivity index (χ1) is 17.3. The van der Waals surface area contributed by atoms with Crippen molar-refractivity contribution >= 4 is 0 Å². The van der Waals surface area contributed by atoms with Gasteiger partial charge in [0.15, 0.2) is 5.76 Å². The van der Waals surface area contributed by atoms with Crippen molar-refractivity contribution < 1.29 is 9.15 Å². The van der Waals surface area contributed by atoms with Gasteiger partial charge in [-0.2, -0.15) is 0 Å². The maximum atomic E-state index is 6.12. The van der Waals surface area contributed by atoms with E-state index in [1.165, 1.54) is 0 Å². The zero-order chi connectivity index (χ0) is 23.9. The molecular formula is C27H24N6O2. The van der Waals surface area contributed by atoms with Crippen LogP contribution in [0.25, 0.3) is 22.8 Å². The van der Waals surface area contributed by atoms with Crippen molar-refractivity contribution in [1.82, 2.24) is 29.8 Å². The first-order valence-corrected chi connectivity index (χ1v) is 11.2. The summed E-state index contributed by atoms with van der Waals surface area (Å²) in [6.45, 7) is 1.68. The van der Waals surface area contributed by atoms with Gasteiger partial charge in [0.25, 0.3) is 0 Å². The molecule has 0 saturated carbocycles. The Hall–Kier alpha value is -4.43. The van der Waals surface area contributed by atoms with E-state index in [-0.39, 0.29) is 0 Å². The molecule has 35 heavy (non-hydrogen) atoms. The average molecular weight is 465 g/mol. The van der Waals surface area contributed by atoms with Crippen molar-refractivity contribution in [2.24, 2.45) is 0 Å². The Balaban J connectivity index is 1.36. The van der Waals surface area contributed by atoms with Gasteiger partial charge in [0.05, 0.1) is 25.9 Å². The highest BCUT2D eigenvalue weighted by Gasteiger charge is 2.14. The van der Waals surface area contributed by atoms with Crippen LogP contribution < -0.4 is 4.74 Å². The Morgan fingerprint density at radius 2 is 1.31 bits per heavy atom. The molecule has 0 saturated heterocycles. The predicted molar refractivity (Wildman–Crippen MR) is 131 cm³/mol. The van der Waals surface area contributed by atoms with Crippen LogP contribution in [-0.4, -0.2) is 36.9 Å². The lowest BCUT2D eigenvalue weighted by Crippen LogP contribution is -2.25. The Kier molecular flexibility index (Phi) is 6.82. The van der Waals surface area contributed by atoms with Crippen molar-refractivity contribution in [2.75, 3.05) is 7.11 Å². The fourth-order valence-electron chi connectivity index (χ4n) is 3.71. The molecule has 0 radical (unpaired) electrons. The highest BCUT2D eigenvalue weighted by atomic mass is 16.5. The van der Waals surface area contributed by atoms with Crippen LogP contribution >= 0.6 is 0 Å². The van der Waals surface area contributed by atoms with Gasteiger partial charge in [-0.25, -0.2) is 24.9 Å².